The number of methoxy groups -OCH3 is 1. The van der Waals surface area contributed by atoms with Crippen molar-refractivity contribution in [2.75, 3.05) is 13.7 Å². The summed E-state index contributed by atoms with van der Waals surface area (Å²) in [5, 5.41) is 10.7. The standard InChI is InChI=1S/C12H25NO2/c1-3-6-10(9-13)12(14)8-5-4-7-11(12)15-2/h10-11,14H,3-9,13H2,1-2H3. The number of nitrogens with two attached hydrogens (primary N) is 1. The van der Waals surface area contributed by atoms with Gasteiger partial charge in [0, 0.05) is 13.0 Å². The van der Waals surface area contributed by atoms with Crippen molar-refractivity contribution in [2.45, 2.75) is 57.2 Å². The molecule has 1 fully saturated rings. The Balaban J connectivity index is 2.73. The molecular weight excluding hydrogens is 190 g/mol. The summed E-state index contributed by atoms with van der Waals surface area (Å²) in [6, 6.07) is 0. The molecular formula is C12H25NO2. The molecule has 3 N–H and O–H groups in total. The quantitative estimate of drug-likeness (QED) is 0.733. The predicted molar refractivity (Wildman–Crippen MR) is 61.7 cm³/mol. The van der Waals surface area contributed by atoms with Crippen LogP contribution in [0.15, 0.2) is 0 Å². The highest BCUT2D eigenvalue weighted by molar-refractivity contribution is 4.96. The van der Waals surface area contributed by atoms with E-state index in [0.29, 0.717) is 6.54 Å². The van der Waals surface area contributed by atoms with E-state index in [0.717, 1.165) is 38.5 Å². The molecule has 90 valence electrons. The van der Waals surface area contributed by atoms with Gasteiger partial charge in [-0.3, -0.25) is 0 Å². The molecule has 0 spiro atoms. The Bertz CT molecular complexity index is 186. The SMILES string of the molecule is CCCC(CN)C1(O)CCCCC1OC. The lowest BCUT2D eigenvalue weighted by atomic mass is 9.72. The molecule has 0 radical (unpaired) electrons. The minimum absolute atomic E-state index is 0.0219. The van der Waals surface area contributed by atoms with E-state index in [4.69, 9.17) is 10.5 Å². The van der Waals surface area contributed by atoms with E-state index in [2.05, 4.69) is 6.92 Å². The van der Waals surface area contributed by atoms with Gasteiger partial charge in [0.05, 0.1) is 11.7 Å². The second-order valence-corrected chi connectivity index (χ2v) is 4.68. The van der Waals surface area contributed by atoms with Crippen molar-refractivity contribution in [2.24, 2.45) is 11.7 Å². The van der Waals surface area contributed by atoms with Gasteiger partial charge < -0.3 is 15.6 Å². The molecule has 3 nitrogen and oxygen atoms in total. The molecule has 3 atom stereocenters. The second kappa shape index (κ2) is 5.83. The highest BCUT2D eigenvalue weighted by atomic mass is 16.5. The molecule has 1 aliphatic rings. The van der Waals surface area contributed by atoms with E-state index in [1.54, 1.807) is 7.11 Å². The molecule has 0 bridgehead atoms. The van der Waals surface area contributed by atoms with Crippen LogP contribution in [0, 0.1) is 5.92 Å². The van der Waals surface area contributed by atoms with Crippen molar-refractivity contribution in [1.29, 1.82) is 0 Å². The highest BCUT2D eigenvalue weighted by Crippen LogP contribution is 2.37. The van der Waals surface area contributed by atoms with E-state index in [9.17, 15) is 5.11 Å². The van der Waals surface area contributed by atoms with Gasteiger partial charge >= 0.3 is 0 Å². The summed E-state index contributed by atoms with van der Waals surface area (Å²) in [6.07, 6.45) is 6.10. The first-order valence-electron chi connectivity index (χ1n) is 6.14. The molecule has 3 unspecified atom stereocenters. The van der Waals surface area contributed by atoms with Crippen LogP contribution in [-0.4, -0.2) is 30.5 Å². The van der Waals surface area contributed by atoms with Gasteiger partial charge in [0.2, 0.25) is 0 Å². The van der Waals surface area contributed by atoms with Gasteiger partial charge in [0.25, 0.3) is 0 Å². The summed E-state index contributed by atoms with van der Waals surface area (Å²) in [6.45, 7) is 2.70. The van der Waals surface area contributed by atoms with Crippen LogP contribution in [0.1, 0.15) is 45.4 Å². The van der Waals surface area contributed by atoms with Crippen LogP contribution in [0.3, 0.4) is 0 Å². The molecule has 0 saturated heterocycles. The van der Waals surface area contributed by atoms with E-state index in [1.807, 2.05) is 0 Å². The predicted octanol–water partition coefficient (Wildman–Crippen LogP) is 1.68. The molecule has 15 heavy (non-hydrogen) atoms. The van der Waals surface area contributed by atoms with E-state index in [-0.39, 0.29) is 12.0 Å². The Hall–Kier alpha value is -0.120. The van der Waals surface area contributed by atoms with Crippen molar-refractivity contribution in [3.05, 3.63) is 0 Å². The van der Waals surface area contributed by atoms with Crippen LogP contribution in [0.5, 0.6) is 0 Å². The van der Waals surface area contributed by atoms with Crippen LogP contribution >= 0.6 is 0 Å². The van der Waals surface area contributed by atoms with Crippen LogP contribution in [0.2, 0.25) is 0 Å². The lowest BCUT2D eigenvalue weighted by Gasteiger charge is -2.44. The molecule has 0 heterocycles. The zero-order valence-electron chi connectivity index (χ0n) is 10.0. The van der Waals surface area contributed by atoms with E-state index >= 15 is 0 Å². The van der Waals surface area contributed by atoms with Crippen LogP contribution in [-0.2, 0) is 4.74 Å². The van der Waals surface area contributed by atoms with Gasteiger partial charge in [-0.15, -0.1) is 0 Å². The third-order valence-electron chi connectivity index (χ3n) is 3.76. The zero-order valence-corrected chi connectivity index (χ0v) is 10.0. The number of ether oxygens (including phenoxy) is 1. The molecule has 1 rings (SSSR count). The number of hydrogen-bond donors (Lipinski definition) is 2. The van der Waals surface area contributed by atoms with Crippen LogP contribution in [0.25, 0.3) is 0 Å². The third-order valence-corrected chi connectivity index (χ3v) is 3.76. The van der Waals surface area contributed by atoms with Crippen molar-refractivity contribution >= 4 is 0 Å². The normalized spacial score (nSPS) is 34.0. The summed E-state index contributed by atoms with van der Waals surface area (Å²) in [7, 11) is 1.69. The average Bonchev–Trinajstić information content (AvgIpc) is 2.26. The van der Waals surface area contributed by atoms with Gasteiger partial charge in [-0.1, -0.05) is 26.2 Å². The number of rotatable bonds is 5. The molecule has 0 aromatic rings. The summed E-state index contributed by atoms with van der Waals surface area (Å²) in [5.74, 6) is 0.188. The van der Waals surface area contributed by atoms with Crippen LogP contribution in [0.4, 0.5) is 0 Å². The maximum absolute atomic E-state index is 10.7. The summed E-state index contributed by atoms with van der Waals surface area (Å²) in [5.41, 5.74) is 5.09. The monoisotopic (exact) mass is 215 g/mol. The largest absolute Gasteiger partial charge is 0.387 e. The van der Waals surface area contributed by atoms with E-state index in [1.165, 1.54) is 0 Å². The fourth-order valence-corrected chi connectivity index (χ4v) is 2.86. The van der Waals surface area contributed by atoms with Gasteiger partial charge in [-0.05, 0) is 25.8 Å². The van der Waals surface area contributed by atoms with Crippen molar-refractivity contribution in [3.63, 3.8) is 0 Å². The van der Waals surface area contributed by atoms with Crippen molar-refractivity contribution in [1.82, 2.24) is 0 Å². The summed E-state index contributed by atoms with van der Waals surface area (Å²) < 4.78 is 5.43. The maximum atomic E-state index is 10.7. The smallest absolute Gasteiger partial charge is 0.0947 e. The number of aliphatic hydroxyl groups is 1. The van der Waals surface area contributed by atoms with Crippen molar-refractivity contribution in [3.8, 4) is 0 Å². The molecule has 0 aliphatic heterocycles. The Labute approximate surface area is 93.0 Å². The molecule has 1 saturated carbocycles. The van der Waals surface area contributed by atoms with E-state index < -0.39 is 5.60 Å². The van der Waals surface area contributed by atoms with Gasteiger partial charge in [0.1, 0.15) is 0 Å². The lowest BCUT2D eigenvalue weighted by Crippen LogP contribution is -2.53. The molecule has 0 aromatic carbocycles. The second-order valence-electron chi connectivity index (χ2n) is 4.68. The molecule has 1 aliphatic carbocycles. The maximum Gasteiger partial charge on any atom is 0.0947 e. The summed E-state index contributed by atoms with van der Waals surface area (Å²) >= 11 is 0. The highest BCUT2D eigenvalue weighted by Gasteiger charge is 2.44. The molecule has 0 amide bonds. The third kappa shape index (κ3) is 2.71. The first-order valence-corrected chi connectivity index (χ1v) is 6.14. The van der Waals surface area contributed by atoms with Crippen LogP contribution < -0.4 is 5.73 Å². The van der Waals surface area contributed by atoms with Crippen molar-refractivity contribution < 1.29 is 9.84 Å². The zero-order chi connectivity index (χ0) is 11.3. The average molecular weight is 215 g/mol. The minimum atomic E-state index is -0.683. The van der Waals surface area contributed by atoms with Gasteiger partial charge in [-0.2, -0.15) is 0 Å². The fourth-order valence-electron chi connectivity index (χ4n) is 2.86. The minimum Gasteiger partial charge on any atom is -0.387 e. The Morgan fingerprint density at radius 1 is 1.53 bits per heavy atom. The van der Waals surface area contributed by atoms with Gasteiger partial charge in [-0.25, -0.2) is 0 Å². The summed E-state index contributed by atoms with van der Waals surface area (Å²) in [4.78, 5) is 0. The molecule has 3 heteroatoms. The Kier molecular flexibility index (Phi) is 5.03. The lowest BCUT2D eigenvalue weighted by molar-refractivity contribution is -0.148. The first-order chi connectivity index (χ1) is 7.19. The molecule has 0 aromatic heterocycles. The van der Waals surface area contributed by atoms with Gasteiger partial charge in [0.15, 0.2) is 0 Å². The Morgan fingerprint density at radius 2 is 2.27 bits per heavy atom. The topological polar surface area (TPSA) is 55.5 Å². The fraction of sp³-hybridized carbons (Fsp3) is 1.00. The number of hydrogen-bond acceptors (Lipinski definition) is 3. The Morgan fingerprint density at radius 3 is 2.80 bits per heavy atom. The first kappa shape index (κ1) is 12.9.